The number of phosphoric ester groups is 1. The lowest BCUT2D eigenvalue weighted by Gasteiger charge is -2.42. The molecule has 626 valence electrons. The second-order valence-electron chi connectivity index (χ2n) is 25.5. The highest BCUT2D eigenvalue weighted by atomic mass is 31.2. The van der Waals surface area contributed by atoms with Crippen molar-refractivity contribution in [1.29, 1.82) is 0 Å². The largest absolute Gasteiger partial charge is 0.471 e. The van der Waals surface area contributed by atoms with Crippen LogP contribution in [0.1, 0.15) is 150 Å². The highest BCUT2D eigenvalue weighted by Crippen LogP contribution is 2.42. The van der Waals surface area contributed by atoms with Crippen molar-refractivity contribution in [3.05, 3.63) is 0 Å². The molecule has 8 unspecified atom stereocenters. The molecule has 0 saturated carbocycles. The second kappa shape index (κ2) is 57.4. The standard InChI is InChI=1S/C58H98N8O27.C7H18NO4P.C2H6/c1-32(70)63-46-52(83)49(80)40(29-67)91-56(46)88-23-7-19-59-43(77)17-14-37(75)27-66(28-38(76)15-18-44(78)60-20-8-24-89-57-47(64-33(2)71)53(84)50(81)41(30-68)92-57)39(16-13-36(74)11-5-10-35(73)12-6-22-87-4)55(86)62-26-45(79)61-21-9-25-90-58-48(65-34(3)72)54(85)51(82)42(31-69)93-58;1-11-13(9,10)12-7-5-3-2-4-6-8;1-2/h39-42,46-54,56-58,67-69,80-85H,5-31H2,1-4H3,(H,59,77)(H,60,78)(H,61,79)(H,62,86)(H,63,70)(H,64,71)(H,65,72);2-8H2,1H3,(H,9,10);1-2H3/t39?,40?,41?,42?,46?,47?,48?,49-,50-,51-,52+,53+,54+,56+,57+,58+;;/m0../s1. The van der Waals surface area contributed by atoms with E-state index in [1.165, 1.54) is 32.8 Å². The molecule has 0 aromatic rings. The molecule has 108 heavy (non-hydrogen) atoms. The molecule has 7 amide bonds. The lowest BCUT2D eigenvalue weighted by Crippen LogP contribution is -2.64. The third-order valence-corrected chi connectivity index (χ3v) is 17.7. The Morgan fingerprint density at radius 2 is 0.833 bits per heavy atom. The van der Waals surface area contributed by atoms with Gasteiger partial charge in [0, 0.05) is 113 Å². The van der Waals surface area contributed by atoms with Crippen LogP contribution in [0.4, 0.5) is 0 Å². The molecule has 3 saturated heterocycles. The molecule has 3 heterocycles. The minimum Gasteiger partial charge on any atom is -0.394 e. The number of ether oxygens (including phenoxy) is 7. The quantitative estimate of drug-likeness (QED) is 0.0200. The monoisotopic (exact) mass is 1580 g/mol. The van der Waals surface area contributed by atoms with Crippen molar-refractivity contribution < 1.29 is 150 Å². The van der Waals surface area contributed by atoms with Gasteiger partial charge in [-0.1, -0.05) is 26.7 Å². The van der Waals surface area contributed by atoms with E-state index in [4.69, 9.17) is 43.8 Å². The number of nitrogens with zero attached hydrogens (tertiary/aromatic N) is 1. The minimum atomic E-state index is -3.75. The zero-order valence-corrected chi connectivity index (χ0v) is 64.0. The van der Waals surface area contributed by atoms with Gasteiger partial charge in [0.15, 0.2) is 18.9 Å². The number of rotatable bonds is 54. The maximum absolute atomic E-state index is 14.3. The van der Waals surface area contributed by atoms with Crippen LogP contribution in [-0.4, -0.2) is 331 Å². The second-order valence-corrected chi connectivity index (χ2v) is 27.1. The summed E-state index contributed by atoms with van der Waals surface area (Å²) in [5, 5.41) is 109. The summed E-state index contributed by atoms with van der Waals surface area (Å²) in [6.07, 6.45) is -14.0. The molecule has 0 aromatic heterocycles. The maximum atomic E-state index is 14.3. The molecular formula is C67H122N9O31P. The Morgan fingerprint density at radius 1 is 0.454 bits per heavy atom. The fraction of sp³-hybridized carbons (Fsp3) is 0.836. The van der Waals surface area contributed by atoms with Crippen molar-refractivity contribution in [2.45, 2.75) is 248 Å². The number of hydrogen-bond acceptors (Lipinski definition) is 32. The van der Waals surface area contributed by atoms with E-state index in [9.17, 15) is 103 Å². The van der Waals surface area contributed by atoms with E-state index in [1.807, 2.05) is 13.8 Å². The van der Waals surface area contributed by atoms with Gasteiger partial charge in [-0.05, 0) is 57.9 Å². The molecule has 0 radical (unpaired) electrons. The van der Waals surface area contributed by atoms with Gasteiger partial charge in [0.05, 0.1) is 71.9 Å². The third-order valence-electron chi connectivity index (χ3n) is 16.7. The lowest BCUT2D eigenvalue weighted by atomic mass is 9.97. The zero-order chi connectivity index (χ0) is 81.3. The first-order chi connectivity index (χ1) is 51.4. The first kappa shape index (κ1) is 100. The van der Waals surface area contributed by atoms with Crippen LogP contribution in [0, 0.1) is 0 Å². The number of amides is 7. The number of aliphatic hydroxyl groups excluding tert-OH is 9. The molecular weight excluding hydrogens is 1460 g/mol. The number of carbonyl (C=O) groups is 11. The third kappa shape index (κ3) is 41.0. The van der Waals surface area contributed by atoms with Crippen molar-refractivity contribution in [3.8, 4) is 0 Å². The fourth-order valence-electron chi connectivity index (χ4n) is 11.0. The predicted octanol–water partition coefficient (Wildman–Crippen LogP) is -5.32. The number of nitrogens with one attached hydrogen (secondary N) is 7. The molecule has 19 N–H and O–H groups in total. The molecule has 41 heteroatoms. The molecule has 0 spiro atoms. The Bertz CT molecular complexity index is 2630. The molecule has 0 aliphatic carbocycles. The number of unbranched alkanes of at least 4 members (excludes halogenated alkanes) is 3. The summed E-state index contributed by atoms with van der Waals surface area (Å²) in [6, 6.07) is -5.08. The van der Waals surface area contributed by atoms with Crippen LogP contribution in [-0.2, 0) is 99.5 Å². The van der Waals surface area contributed by atoms with E-state index < -0.39 is 211 Å². The Hall–Kier alpha value is -5.64. The molecule has 0 aromatic carbocycles. The Labute approximate surface area is 629 Å². The lowest BCUT2D eigenvalue weighted by molar-refractivity contribution is -0.270. The van der Waals surface area contributed by atoms with E-state index >= 15 is 0 Å². The van der Waals surface area contributed by atoms with Gasteiger partial charge in [0.1, 0.15) is 96.2 Å². The van der Waals surface area contributed by atoms with Gasteiger partial charge < -0.3 is 127 Å². The van der Waals surface area contributed by atoms with Crippen molar-refractivity contribution in [2.24, 2.45) is 5.73 Å². The molecule has 3 rings (SSSR count). The summed E-state index contributed by atoms with van der Waals surface area (Å²) in [5.41, 5.74) is 5.30. The summed E-state index contributed by atoms with van der Waals surface area (Å²) >= 11 is 0. The fourth-order valence-corrected chi connectivity index (χ4v) is 11.5. The van der Waals surface area contributed by atoms with Crippen molar-refractivity contribution in [1.82, 2.24) is 42.1 Å². The number of hydrogen-bond donors (Lipinski definition) is 18. The first-order valence-corrected chi connectivity index (χ1v) is 38.0. The normalized spacial score (nSPS) is 24.7. The van der Waals surface area contributed by atoms with Gasteiger partial charge in [0.25, 0.3) is 0 Å². The Kier molecular flexibility index (Phi) is 53.3. The number of aliphatic hydroxyl groups is 9. The number of carbonyl (C=O) groups excluding carboxylic acids is 11. The molecule has 40 nitrogen and oxygen atoms in total. The number of Topliss-reactive ketones (excluding diaryl/α,β-unsaturated/α-hetero) is 4. The van der Waals surface area contributed by atoms with E-state index in [0.29, 0.717) is 19.6 Å². The average Bonchev–Trinajstić information content (AvgIpc) is 0.822. The van der Waals surface area contributed by atoms with Gasteiger partial charge in [0.2, 0.25) is 41.4 Å². The summed E-state index contributed by atoms with van der Waals surface area (Å²) in [7, 11) is -1.11. The SMILES string of the molecule is CC.COCCCC(=O)CCCC(=O)CCC(C(=O)NCC(=O)NCCCO[C@@H]1OC(CO)[C@H](O)[C@H](O)C1NC(C)=O)N(CC(=O)CCC(=O)NCCCO[C@@H]1OC(CO)[C@H](O)[C@H](O)C1NC(C)=O)CC(=O)CCC(=O)NCCCO[C@@H]1OC(CO)[C@H](O)[C@H](O)C1NC(C)=O.COP(=O)(O)OCCCCCCN. The number of methoxy groups -OCH3 is 1. The van der Waals surface area contributed by atoms with E-state index in [2.05, 4.69) is 46.3 Å². The number of ketones is 4. The van der Waals surface area contributed by atoms with Crippen LogP contribution in [0.15, 0.2) is 0 Å². The van der Waals surface area contributed by atoms with Crippen LogP contribution < -0.4 is 43.0 Å². The van der Waals surface area contributed by atoms with Crippen LogP contribution in [0.3, 0.4) is 0 Å². The van der Waals surface area contributed by atoms with Gasteiger partial charge in [-0.3, -0.25) is 66.7 Å². The smallest absolute Gasteiger partial charge is 0.394 e. The summed E-state index contributed by atoms with van der Waals surface area (Å²) in [5.74, 6) is -6.25. The average molecular weight is 1580 g/mol. The van der Waals surface area contributed by atoms with Gasteiger partial charge in [-0.15, -0.1) is 0 Å². The van der Waals surface area contributed by atoms with Crippen molar-refractivity contribution >= 4 is 72.3 Å². The van der Waals surface area contributed by atoms with Crippen molar-refractivity contribution in [2.75, 3.05) is 113 Å². The van der Waals surface area contributed by atoms with E-state index in [-0.39, 0.29) is 128 Å². The van der Waals surface area contributed by atoms with Crippen LogP contribution in [0.5, 0.6) is 0 Å². The Balaban J connectivity index is 0.00000349. The summed E-state index contributed by atoms with van der Waals surface area (Å²) < 4.78 is 58.3. The highest BCUT2D eigenvalue weighted by Gasteiger charge is 2.48. The molecule has 17 atom stereocenters. The first-order valence-electron chi connectivity index (χ1n) is 36.5. The van der Waals surface area contributed by atoms with Gasteiger partial charge in [-0.2, -0.15) is 0 Å². The zero-order valence-electron chi connectivity index (χ0n) is 63.1. The number of nitrogens with two attached hydrogens (primary N) is 1. The Morgan fingerprint density at radius 3 is 1.20 bits per heavy atom. The van der Waals surface area contributed by atoms with Crippen LogP contribution in [0.2, 0.25) is 0 Å². The highest BCUT2D eigenvalue weighted by molar-refractivity contribution is 7.47. The topological polar surface area (TPSA) is 604 Å². The van der Waals surface area contributed by atoms with Gasteiger partial charge >= 0.3 is 7.82 Å². The van der Waals surface area contributed by atoms with E-state index in [0.717, 1.165) is 32.8 Å². The van der Waals surface area contributed by atoms with Gasteiger partial charge in [-0.25, -0.2) is 4.57 Å². The summed E-state index contributed by atoms with van der Waals surface area (Å²) in [6.45, 7) is 4.47. The van der Waals surface area contributed by atoms with Crippen LogP contribution >= 0.6 is 7.82 Å². The van der Waals surface area contributed by atoms with Crippen molar-refractivity contribution in [3.63, 3.8) is 0 Å². The molecule has 3 fully saturated rings. The molecule has 3 aliphatic rings. The van der Waals surface area contributed by atoms with E-state index in [1.54, 1.807) is 0 Å². The molecule has 3 aliphatic heterocycles. The van der Waals surface area contributed by atoms with Crippen LogP contribution in [0.25, 0.3) is 0 Å². The molecule has 0 bridgehead atoms. The summed E-state index contributed by atoms with van der Waals surface area (Å²) in [4.78, 5) is 152. The minimum absolute atomic E-state index is 0.00250. The predicted molar refractivity (Wildman–Crippen MR) is 380 cm³/mol. The maximum Gasteiger partial charge on any atom is 0.471 e. The number of phosphoric acid groups is 1.